The maximum absolute atomic E-state index is 13.1. The third-order valence-corrected chi connectivity index (χ3v) is 7.97. The molecule has 0 spiro atoms. The first-order chi connectivity index (χ1) is 13.5. The maximum atomic E-state index is 13.1. The summed E-state index contributed by atoms with van der Waals surface area (Å²) in [5, 5.41) is 7.90. The SMILES string of the molecule is CC(=O)O.CN(C)[C@@H]1CS(=O)(=O)[C@H]2CN(C(=O)c3cn(C)c4ccccc34)C[C@@H]12. The Kier molecular flexibility index (Phi) is 5.73. The minimum atomic E-state index is -3.14. The van der Waals surface area contributed by atoms with E-state index in [1.165, 1.54) is 0 Å². The minimum Gasteiger partial charge on any atom is -0.481 e. The van der Waals surface area contributed by atoms with Crippen molar-refractivity contribution in [1.82, 2.24) is 14.4 Å². The van der Waals surface area contributed by atoms with Crippen molar-refractivity contribution in [3.8, 4) is 0 Å². The highest BCUT2D eigenvalue weighted by Gasteiger charge is 2.53. The van der Waals surface area contributed by atoms with Crippen LogP contribution < -0.4 is 0 Å². The Morgan fingerprint density at radius 3 is 2.41 bits per heavy atom. The summed E-state index contributed by atoms with van der Waals surface area (Å²) in [6.07, 6.45) is 1.85. The topological polar surface area (TPSA) is 99.9 Å². The summed E-state index contributed by atoms with van der Waals surface area (Å²) in [6, 6.07) is 7.78. The van der Waals surface area contributed by atoms with Gasteiger partial charge in [-0.2, -0.15) is 0 Å². The lowest BCUT2D eigenvalue weighted by atomic mass is 10.00. The fourth-order valence-electron chi connectivity index (χ4n) is 4.41. The van der Waals surface area contributed by atoms with Gasteiger partial charge in [0.05, 0.1) is 16.6 Å². The predicted octanol–water partition coefficient (Wildman–Crippen LogP) is 1.07. The molecule has 9 heteroatoms. The molecule has 158 valence electrons. The number of aromatic nitrogens is 1. The molecular weight excluding hydrogens is 394 g/mol. The molecule has 2 fully saturated rings. The van der Waals surface area contributed by atoms with Gasteiger partial charge in [0.1, 0.15) is 0 Å². The van der Waals surface area contributed by atoms with Crippen molar-refractivity contribution in [1.29, 1.82) is 0 Å². The molecule has 2 aromatic rings. The Bertz CT molecular complexity index is 1040. The summed E-state index contributed by atoms with van der Waals surface area (Å²) in [4.78, 5) is 25.8. The molecular formula is C20H27N3O5S. The standard InChI is InChI=1S/C18H23N3O3S.C2H4O2/c1-19(2)16-11-25(23,24)17-10-21(9-14(16)17)18(22)13-8-20(3)15-7-5-4-6-12(13)15;1-2(3)4/h4-8,14,16-17H,9-11H2,1-3H3;1H3,(H,3,4)/t14-,16+,17-;/m0./s1. The van der Waals surface area contributed by atoms with Gasteiger partial charge in [-0.25, -0.2) is 8.42 Å². The van der Waals surface area contributed by atoms with Crippen molar-refractivity contribution in [2.24, 2.45) is 13.0 Å². The van der Waals surface area contributed by atoms with Gasteiger partial charge >= 0.3 is 0 Å². The van der Waals surface area contributed by atoms with E-state index in [9.17, 15) is 13.2 Å². The quantitative estimate of drug-likeness (QED) is 0.779. The molecule has 0 radical (unpaired) electrons. The Morgan fingerprint density at radius 2 is 1.79 bits per heavy atom. The normalized spacial score (nSPS) is 25.0. The highest BCUT2D eigenvalue weighted by atomic mass is 32.2. The lowest BCUT2D eigenvalue weighted by Crippen LogP contribution is -2.38. The summed E-state index contributed by atoms with van der Waals surface area (Å²) in [5.41, 5.74) is 1.65. The molecule has 3 atom stereocenters. The van der Waals surface area contributed by atoms with Crippen LogP contribution in [0.4, 0.5) is 0 Å². The van der Waals surface area contributed by atoms with E-state index in [4.69, 9.17) is 9.90 Å². The third-order valence-electron chi connectivity index (χ3n) is 5.75. The Hall–Kier alpha value is -2.39. The number of rotatable bonds is 2. The lowest BCUT2D eigenvalue weighted by Gasteiger charge is -2.25. The first-order valence-electron chi connectivity index (χ1n) is 9.43. The molecule has 29 heavy (non-hydrogen) atoms. The molecule has 8 nitrogen and oxygen atoms in total. The zero-order valence-corrected chi connectivity index (χ0v) is 17.9. The van der Waals surface area contributed by atoms with E-state index in [2.05, 4.69) is 0 Å². The fraction of sp³-hybridized carbons (Fsp3) is 0.500. The number of nitrogens with zero attached hydrogens (tertiary/aromatic N) is 3. The van der Waals surface area contributed by atoms with Gasteiger partial charge in [-0.3, -0.25) is 9.59 Å². The van der Waals surface area contributed by atoms with Crippen LogP contribution in [0.2, 0.25) is 0 Å². The highest BCUT2D eigenvalue weighted by Crippen LogP contribution is 2.37. The second-order valence-corrected chi connectivity index (χ2v) is 10.2. The number of benzene rings is 1. The maximum Gasteiger partial charge on any atom is 0.300 e. The second-order valence-electron chi connectivity index (χ2n) is 7.96. The van der Waals surface area contributed by atoms with Crippen LogP contribution >= 0.6 is 0 Å². The van der Waals surface area contributed by atoms with Gasteiger partial charge in [0.15, 0.2) is 9.84 Å². The number of hydrogen-bond acceptors (Lipinski definition) is 5. The van der Waals surface area contributed by atoms with E-state index >= 15 is 0 Å². The van der Waals surface area contributed by atoms with E-state index in [0.29, 0.717) is 18.7 Å². The Labute approximate surface area is 170 Å². The molecule has 0 saturated carbocycles. The average Bonchev–Trinajstić information content (AvgIpc) is 3.27. The van der Waals surface area contributed by atoms with Gasteiger partial charge in [0, 0.05) is 56.1 Å². The largest absolute Gasteiger partial charge is 0.481 e. The summed E-state index contributed by atoms with van der Waals surface area (Å²) < 4.78 is 27.0. The van der Waals surface area contributed by atoms with Crippen LogP contribution in [-0.2, 0) is 21.7 Å². The molecule has 0 aliphatic carbocycles. The Balaban J connectivity index is 0.000000552. The van der Waals surface area contributed by atoms with Crippen LogP contribution in [0.25, 0.3) is 10.9 Å². The van der Waals surface area contributed by atoms with Gasteiger partial charge in [-0.05, 0) is 20.2 Å². The smallest absolute Gasteiger partial charge is 0.300 e. The van der Waals surface area contributed by atoms with E-state index < -0.39 is 21.1 Å². The van der Waals surface area contributed by atoms with Gasteiger partial charge < -0.3 is 19.5 Å². The molecule has 1 aromatic carbocycles. The number of aryl methyl sites for hydroxylation is 1. The third kappa shape index (κ3) is 4.02. The fourth-order valence-corrected chi connectivity index (χ4v) is 6.89. The summed E-state index contributed by atoms with van der Waals surface area (Å²) in [5.74, 6) is -0.705. The number of carbonyl (C=O) groups excluding carboxylic acids is 1. The summed E-state index contributed by atoms with van der Waals surface area (Å²) in [7, 11) is 2.61. The van der Waals surface area contributed by atoms with Crippen molar-refractivity contribution < 1.29 is 23.1 Å². The van der Waals surface area contributed by atoms with Crippen molar-refractivity contribution >= 4 is 32.6 Å². The number of carboxylic acid groups (broad SMARTS) is 1. The first-order valence-corrected chi connectivity index (χ1v) is 11.2. The Morgan fingerprint density at radius 1 is 1.17 bits per heavy atom. The van der Waals surface area contributed by atoms with E-state index in [1.54, 1.807) is 4.90 Å². The van der Waals surface area contributed by atoms with Crippen LogP contribution in [0.3, 0.4) is 0 Å². The lowest BCUT2D eigenvalue weighted by molar-refractivity contribution is -0.134. The number of hydrogen-bond donors (Lipinski definition) is 1. The molecule has 1 aromatic heterocycles. The van der Waals surface area contributed by atoms with Crippen molar-refractivity contribution in [3.63, 3.8) is 0 Å². The van der Waals surface area contributed by atoms with Gasteiger partial charge in [-0.15, -0.1) is 0 Å². The molecule has 3 heterocycles. The first kappa shape index (κ1) is 21.3. The van der Waals surface area contributed by atoms with Gasteiger partial charge in [-0.1, -0.05) is 18.2 Å². The summed E-state index contributed by atoms with van der Waals surface area (Å²) in [6.45, 7) is 1.90. The van der Waals surface area contributed by atoms with Crippen LogP contribution in [-0.4, -0.2) is 84.0 Å². The monoisotopic (exact) mass is 421 g/mol. The molecule has 1 amide bonds. The highest BCUT2D eigenvalue weighted by molar-refractivity contribution is 7.92. The van der Waals surface area contributed by atoms with Crippen molar-refractivity contribution in [2.75, 3.05) is 32.9 Å². The predicted molar refractivity (Wildman–Crippen MR) is 111 cm³/mol. The number of amides is 1. The van der Waals surface area contributed by atoms with Crippen LogP contribution in [0.5, 0.6) is 0 Å². The molecule has 1 N–H and O–H groups in total. The molecule has 2 aliphatic rings. The second kappa shape index (κ2) is 7.79. The molecule has 2 saturated heterocycles. The number of sulfone groups is 1. The zero-order valence-electron chi connectivity index (χ0n) is 17.1. The van der Waals surface area contributed by atoms with Crippen molar-refractivity contribution in [2.45, 2.75) is 18.2 Å². The van der Waals surface area contributed by atoms with Crippen LogP contribution in [0.1, 0.15) is 17.3 Å². The number of fused-ring (bicyclic) bond motifs is 2. The number of likely N-dealkylation sites (tertiary alicyclic amines) is 1. The average molecular weight is 422 g/mol. The van der Waals surface area contributed by atoms with E-state index in [0.717, 1.165) is 17.8 Å². The molecule has 0 bridgehead atoms. The molecule has 0 unspecified atom stereocenters. The van der Waals surface area contributed by atoms with Gasteiger partial charge in [0.2, 0.25) is 0 Å². The van der Waals surface area contributed by atoms with Crippen LogP contribution in [0.15, 0.2) is 30.5 Å². The van der Waals surface area contributed by atoms with Crippen molar-refractivity contribution in [3.05, 3.63) is 36.0 Å². The van der Waals surface area contributed by atoms with E-state index in [1.807, 2.05) is 61.1 Å². The van der Waals surface area contributed by atoms with Gasteiger partial charge in [0.25, 0.3) is 11.9 Å². The number of carboxylic acids is 1. The number of para-hydroxylation sites is 1. The summed E-state index contributed by atoms with van der Waals surface area (Å²) >= 11 is 0. The molecule has 4 rings (SSSR count). The van der Waals surface area contributed by atoms with Crippen LogP contribution in [0, 0.1) is 5.92 Å². The van der Waals surface area contributed by atoms with E-state index in [-0.39, 0.29) is 23.6 Å². The zero-order chi connectivity index (χ0) is 21.5. The minimum absolute atomic E-state index is 0.000994. The number of aliphatic carboxylic acids is 1. The molecule has 2 aliphatic heterocycles. The number of carbonyl (C=O) groups is 2.